The molecule has 0 amide bonds. The molecule has 1 aromatic rings. The van der Waals surface area contributed by atoms with Gasteiger partial charge in [0.15, 0.2) is 0 Å². The van der Waals surface area contributed by atoms with Gasteiger partial charge in [0.25, 0.3) is 0 Å². The first-order valence-electron chi connectivity index (χ1n) is 4.31. The van der Waals surface area contributed by atoms with Crippen LogP contribution >= 0.6 is 0 Å². The standard InChI is InChI=1S/C11H15N/c1-4-9(2)10-7-5-6-8-11(10)12-3/h4-8,12H,1-3H3/p+1/b9-4-. The number of benzene rings is 1. The van der Waals surface area contributed by atoms with Crippen LogP contribution in [0.25, 0.3) is 5.57 Å². The lowest BCUT2D eigenvalue weighted by Gasteiger charge is -2.03. The zero-order chi connectivity index (χ0) is 8.97. The van der Waals surface area contributed by atoms with Gasteiger partial charge >= 0.3 is 0 Å². The fourth-order valence-corrected chi connectivity index (χ4v) is 1.26. The molecule has 0 heterocycles. The molecule has 64 valence electrons. The van der Waals surface area contributed by atoms with Crippen molar-refractivity contribution in [3.8, 4) is 0 Å². The predicted octanol–water partition coefficient (Wildman–Crippen LogP) is 1.93. The van der Waals surface area contributed by atoms with Crippen LogP contribution in [0.1, 0.15) is 19.4 Å². The van der Waals surface area contributed by atoms with E-state index in [2.05, 4.69) is 56.6 Å². The monoisotopic (exact) mass is 162 g/mol. The first kappa shape index (κ1) is 9.01. The van der Waals surface area contributed by atoms with Gasteiger partial charge in [0, 0.05) is 5.56 Å². The fourth-order valence-electron chi connectivity index (χ4n) is 1.26. The molecule has 1 heteroatoms. The molecule has 12 heavy (non-hydrogen) atoms. The normalized spacial score (nSPS) is 11.8. The second kappa shape index (κ2) is 4.07. The summed E-state index contributed by atoms with van der Waals surface area (Å²) in [6.45, 7) is 4.21. The van der Waals surface area contributed by atoms with Crippen LogP contribution < -0.4 is 5.32 Å². The van der Waals surface area contributed by atoms with E-state index in [1.807, 2.05) is 0 Å². The fraction of sp³-hybridized carbons (Fsp3) is 0.273. The lowest BCUT2D eigenvalue weighted by atomic mass is 10.1. The Bertz CT molecular complexity index is 287. The third-order valence-corrected chi connectivity index (χ3v) is 2.13. The van der Waals surface area contributed by atoms with Crippen LogP contribution in [0.15, 0.2) is 30.3 Å². The van der Waals surface area contributed by atoms with Crippen molar-refractivity contribution >= 4 is 11.3 Å². The van der Waals surface area contributed by atoms with Gasteiger partial charge in [-0.25, -0.2) is 0 Å². The maximum atomic E-state index is 2.16. The minimum absolute atomic E-state index is 1.31. The Labute approximate surface area is 74.1 Å². The number of allylic oxidation sites excluding steroid dienone is 2. The molecule has 2 N–H and O–H groups in total. The van der Waals surface area contributed by atoms with Crippen LogP contribution in [-0.4, -0.2) is 7.05 Å². The summed E-state index contributed by atoms with van der Waals surface area (Å²) >= 11 is 0. The van der Waals surface area contributed by atoms with E-state index in [4.69, 9.17) is 0 Å². The van der Waals surface area contributed by atoms with Crippen molar-refractivity contribution in [1.82, 2.24) is 0 Å². The van der Waals surface area contributed by atoms with E-state index in [0.717, 1.165) is 0 Å². The maximum absolute atomic E-state index is 2.16. The van der Waals surface area contributed by atoms with E-state index in [1.165, 1.54) is 16.8 Å². The van der Waals surface area contributed by atoms with Crippen molar-refractivity contribution in [2.75, 3.05) is 7.05 Å². The summed E-state index contributed by atoms with van der Waals surface area (Å²) in [6.07, 6.45) is 2.14. The van der Waals surface area contributed by atoms with Gasteiger partial charge in [-0.05, 0) is 31.6 Å². The molecule has 1 aromatic carbocycles. The highest BCUT2D eigenvalue weighted by Gasteiger charge is 2.02. The van der Waals surface area contributed by atoms with E-state index in [-0.39, 0.29) is 0 Å². The number of rotatable bonds is 2. The van der Waals surface area contributed by atoms with Crippen LogP contribution in [0, 0.1) is 0 Å². The zero-order valence-electron chi connectivity index (χ0n) is 7.96. The van der Waals surface area contributed by atoms with Crippen molar-refractivity contribution in [3.05, 3.63) is 35.9 Å². The summed E-state index contributed by atoms with van der Waals surface area (Å²) < 4.78 is 0. The molecule has 0 spiro atoms. The number of para-hydroxylation sites is 1. The van der Waals surface area contributed by atoms with Crippen LogP contribution in [0.4, 0.5) is 5.69 Å². The van der Waals surface area contributed by atoms with Gasteiger partial charge in [-0.2, -0.15) is 0 Å². The number of quaternary nitrogens is 1. The van der Waals surface area contributed by atoms with Crippen LogP contribution in [0.2, 0.25) is 0 Å². The van der Waals surface area contributed by atoms with E-state index in [9.17, 15) is 0 Å². The Kier molecular flexibility index (Phi) is 3.06. The molecule has 0 radical (unpaired) electrons. The van der Waals surface area contributed by atoms with E-state index in [1.54, 1.807) is 0 Å². The topological polar surface area (TPSA) is 16.6 Å². The number of hydrogen-bond acceptors (Lipinski definition) is 0. The van der Waals surface area contributed by atoms with Crippen LogP contribution in [0.5, 0.6) is 0 Å². The molecule has 1 nitrogen and oxygen atoms in total. The molecule has 1 rings (SSSR count). The summed E-state index contributed by atoms with van der Waals surface area (Å²) in [7, 11) is 2.07. The molecule has 0 aromatic heterocycles. The van der Waals surface area contributed by atoms with Crippen LogP contribution in [0.3, 0.4) is 0 Å². The van der Waals surface area contributed by atoms with Gasteiger partial charge < -0.3 is 5.32 Å². The summed E-state index contributed by atoms with van der Waals surface area (Å²) in [4.78, 5) is 0. The highest BCUT2D eigenvalue weighted by Crippen LogP contribution is 2.18. The average molecular weight is 162 g/mol. The summed E-state index contributed by atoms with van der Waals surface area (Å²) in [5.74, 6) is 0. The Morgan fingerprint density at radius 2 is 2.00 bits per heavy atom. The highest BCUT2D eigenvalue weighted by atomic mass is 14.8. The Morgan fingerprint density at radius 3 is 2.58 bits per heavy atom. The molecular formula is C11H16N+. The Hall–Kier alpha value is -1.08. The molecule has 0 unspecified atom stereocenters. The molecule has 0 saturated heterocycles. The van der Waals surface area contributed by atoms with Crippen LogP contribution in [-0.2, 0) is 0 Å². The molecular weight excluding hydrogens is 146 g/mol. The van der Waals surface area contributed by atoms with E-state index >= 15 is 0 Å². The lowest BCUT2D eigenvalue weighted by molar-refractivity contribution is -0.539. The average Bonchev–Trinajstić information content (AvgIpc) is 2.16. The van der Waals surface area contributed by atoms with E-state index in [0.29, 0.717) is 0 Å². The SMILES string of the molecule is C/C=C(/C)c1ccccc1[NH2+]C. The third-order valence-electron chi connectivity index (χ3n) is 2.13. The number of nitrogens with two attached hydrogens (primary N) is 1. The van der Waals surface area contributed by atoms with Crippen molar-refractivity contribution in [2.45, 2.75) is 13.8 Å². The largest absolute Gasteiger partial charge is 0.316 e. The van der Waals surface area contributed by atoms with Gasteiger partial charge in [0.2, 0.25) is 0 Å². The second-order valence-corrected chi connectivity index (χ2v) is 2.85. The third kappa shape index (κ3) is 1.74. The second-order valence-electron chi connectivity index (χ2n) is 2.85. The van der Waals surface area contributed by atoms with Gasteiger partial charge in [-0.3, -0.25) is 0 Å². The molecule has 0 bridgehead atoms. The van der Waals surface area contributed by atoms with Crippen molar-refractivity contribution in [3.63, 3.8) is 0 Å². The predicted molar refractivity (Wildman–Crippen MR) is 53.3 cm³/mol. The summed E-state index contributed by atoms with van der Waals surface area (Å²) in [5.41, 5.74) is 3.99. The molecule has 0 aliphatic heterocycles. The van der Waals surface area contributed by atoms with Gasteiger partial charge in [-0.15, -0.1) is 0 Å². The van der Waals surface area contributed by atoms with Crippen molar-refractivity contribution in [1.29, 1.82) is 0 Å². The number of hydrogen-bond donors (Lipinski definition) is 1. The quantitative estimate of drug-likeness (QED) is 0.640. The summed E-state index contributed by atoms with van der Waals surface area (Å²) in [6, 6.07) is 8.45. The molecule has 0 atom stereocenters. The van der Waals surface area contributed by atoms with Gasteiger partial charge in [0.1, 0.15) is 5.69 Å². The van der Waals surface area contributed by atoms with E-state index < -0.39 is 0 Å². The molecule has 0 fully saturated rings. The van der Waals surface area contributed by atoms with Gasteiger partial charge in [-0.1, -0.05) is 18.2 Å². The Balaban J connectivity index is 3.13. The molecule has 0 aliphatic rings. The van der Waals surface area contributed by atoms with Crippen molar-refractivity contribution in [2.24, 2.45) is 0 Å². The minimum atomic E-state index is 1.31. The molecule has 0 saturated carbocycles. The first-order chi connectivity index (χ1) is 5.79. The molecule has 0 aliphatic carbocycles. The first-order valence-corrected chi connectivity index (χ1v) is 4.31. The Morgan fingerprint density at radius 1 is 1.33 bits per heavy atom. The van der Waals surface area contributed by atoms with Crippen molar-refractivity contribution < 1.29 is 5.32 Å². The lowest BCUT2D eigenvalue weighted by Crippen LogP contribution is -2.73. The van der Waals surface area contributed by atoms with Gasteiger partial charge in [0.05, 0.1) is 7.05 Å². The smallest absolute Gasteiger partial charge is 0.136 e. The maximum Gasteiger partial charge on any atom is 0.136 e. The zero-order valence-corrected chi connectivity index (χ0v) is 7.96. The minimum Gasteiger partial charge on any atom is -0.316 e. The summed E-state index contributed by atoms with van der Waals surface area (Å²) in [5, 5.41) is 2.14. The highest BCUT2D eigenvalue weighted by molar-refractivity contribution is 5.70.